The minimum Gasteiger partial charge on any atom is -0.448 e. The van der Waals surface area contributed by atoms with Gasteiger partial charge in [0, 0.05) is 57.6 Å². The smallest absolute Gasteiger partial charge is 0.196 e. The first-order chi connectivity index (χ1) is 10.7. The van der Waals surface area contributed by atoms with E-state index in [0.29, 0.717) is 5.92 Å². The second-order valence-electron chi connectivity index (χ2n) is 6.24. The Hall–Kier alpha value is -1.72. The second kappa shape index (κ2) is 7.03. The van der Waals surface area contributed by atoms with Crippen molar-refractivity contribution in [3.8, 4) is 0 Å². The highest BCUT2D eigenvalue weighted by Gasteiger charge is 2.18. The number of nitrogens with zero attached hydrogens (tertiary/aromatic N) is 4. The SMILES string of the molecule is CC(C)c1nc(CN2CCN(Cc3ccncc3)CC2)co1. The van der Waals surface area contributed by atoms with Crippen LogP contribution in [0.5, 0.6) is 0 Å². The fourth-order valence-electron chi connectivity index (χ4n) is 2.74. The molecule has 5 heteroatoms. The van der Waals surface area contributed by atoms with E-state index in [2.05, 4.69) is 45.7 Å². The van der Waals surface area contributed by atoms with Crippen molar-refractivity contribution in [3.63, 3.8) is 0 Å². The van der Waals surface area contributed by atoms with Crippen molar-refractivity contribution in [1.82, 2.24) is 19.8 Å². The zero-order chi connectivity index (χ0) is 15.4. The lowest BCUT2D eigenvalue weighted by molar-refractivity contribution is 0.121. The van der Waals surface area contributed by atoms with E-state index in [4.69, 9.17) is 4.42 Å². The molecule has 0 atom stereocenters. The highest BCUT2D eigenvalue weighted by atomic mass is 16.3. The molecular weight excluding hydrogens is 276 g/mol. The van der Waals surface area contributed by atoms with Crippen molar-refractivity contribution in [2.24, 2.45) is 0 Å². The molecular formula is C17H24N4O. The Morgan fingerprint density at radius 2 is 1.68 bits per heavy atom. The number of hydrogen-bond acceptors (Lipinski definition) is 5. The van der Waals surface area contributed by atoms with Gasteiger partial charge >= 0.3 is 0 Å². The Labute approximate surface area is 132 Å². The number of aromatic nitrogens is 2. The lowest BCUT2D eigenvalue weighted by atomic mass is 10.2. The van der Waals surface area contributed by atoms with Gasteiger partial charge in [-0.25, -0.2) is 4.98 Å². The van der Waals surface area contributed by atoms with Gasteiger partial charge in [-0.15, -0.1) is 0 Å². The Bertz CT molecular complexity index is 573. The fourth-order valence-corrected chi connectivity index (χ4v) is 2.74. The van der Waals surface area contributed by atoms with Gasteiger partial charge in [0.15, 0.2) is 5.89 Å². The van der Waals surface area contributed by atoms with Crippen LogP contribution in [-0.4, -0.2) is 45.9 Å². The van der Waals surface area contributed by atoms with Crippen LogP contribution in [0, 0.1) is 0 Å². The van der Waals surface area contributed by atoms with E-state index in [1.807, 2.05) is 12.4 Å². The number of rotatable bonds is 5. The van der Waals surface area contributed by atoms with E-state index in [1.165, 1.54) is 5.56 Å². The summed E-state index contributed by atoms with van der Waals surface area (Å²) in [6.45, 7) is 10.5. The van der Waals surface area contributed by atoms with Crippen molar-refractivity contribution in [2.75, 3.05) is 26.2 Å². The van der Waals surface area contributed by atoms with E-state index in [0.717, 1.165) is 50.9 Å². The van der Waals surface area contributed by atoms with Crippen LogP contribution in [-0.2, 0) is 13.1 Å². The Balaban J connectivity index is 1.47. The maximum absolute atomic E-state index is 5.51. The molecule has 1 saturated heterocycles. The highest BCUT2D eigenvalue weighted by molar-refractivity contribution is 5.09. The first-order valence-corrected chi connectivity index (χ1v) is 7.98. The number of pyridine rings is 1. The van der Waals surface area contributed by atoms with Crippen LogP contribution in [0.1, 0.15) is 36.9 Å². The van der Waals surface area contributed by atoms with Gasteiger partial charge in [-0.1, -0.05) is 13.8 Å². The molecule has 3 rings (SSSR count). The molecule has 1 aliphatic rings. The summed E-state index contributed by atoms with van der Waals surface area (Å²) in [5.74, 6) is 1.19. The van der Waals surface area contributed by atoms with E-state index in [9.17, 15) is 0 Å². The molecule has 0 aliphatic carbocycles. The first-order valence-electron chi connectivity index (χ1n) is 7.98. The zero-order valence-electron chi connectivity index (χ0n) is 13.4. The molecule has 2 aromatic rings. The summed E-state index contributed by atoms with van der Waals surface area (Å²) >= 11 is 0. The average molecular weight is 300 g/mol. The van der Waals surface area contributed by atoms with Crippen LogP contribution in [0.3, 0.4) is 0 Å². The lowest BCUT2D eigenvalue weighted by Crippen LogP contribution is -2.45. The third-order valence-electron chi connectivity index (χ3n) is 4.07. The van der Waals surface area contributed by atoms with Crippen LogP contribution in [0.2, 0.25) is 0 Å². The molecule has 0 saturated carbocycles. The third kappa shape index (κ3) is 3.93. The van der Waals surface area contributed by atoms with E-state index in [1.54, 1.807) is 6.26 Å². The third-order valence-corrected chi connectivity index (χ3v) is 4.07. The van der Waals surface area contributed by atoms with Gasteiger partial charge in [-0.2, -0.15) is 0 Å². The van der Waals surface area contributed by atoms with Crippen molar-refractivity contribution in [2.45, 2.75) is 32.9 Å². The lowest BCUT2D eigenvalue weighted by Gasteiger charge is -2.34. The minimum absolute atomic E-state index is 0.353. The summed E-state index contributed by atoms with van der Waals surface area (Å²) in [7, 11) is 0. The molecule has 118 valence electrons. The molecule has 0 N–H and O–H groups in total. The normalized spacial score (nSPS) is 17.2. The number of oxazole rings is 1. The molecule has 0 spiro atoms. The maximum atomic E-state index is 5.51. The molecule has 1 fully saturated rings. The van der Waals surface area contributed by atoms with E-state index < -0.39 is 0 Å². The summed E-state index contributed by atoms with van der Waals surface area (Å²) in [6, 6.07) is 4.18. The fraction of sp³-hybridized carbons (Fsp3) is 0.529. The topological polar surface area (TPSA) is 45.4 Å². The molecule has 2 aromatic heterocycles. The van der Waals surface area contributed by atoms with Crippen molar-refractivity contribution >= 4 is 0 Å². The average Bonchev–Trinajstić information content (AvgIpc) is 2.99. The maximum Gasteiger partial charge on any atom is 0.196 e. The second-order valence-corrected chi connectivity index (χ2v) is 6.24. The van der Waals surface area contributed by atoms with Crippen molar-refractivity contribution in [1.29, 1.82) is 0 Å². The predicted molar refractivity (Wildman–Crippen MR) is 85.4 cm³/mol. The van der Waals surface area contributed by atoms with Crippen LogP contribution in [0.15, 0.2) is 35.2 Å². The van der Waals surface area contributed by atoms with Gasteiger partial charge in [0.2, 0.25) is 0 Å². The monoisotopic (exact) mass is 300 g/mol. The summed E-state index contributed by atoms with van der Waals surface area (Å²) in [5, 5.41) is 0. The molecule has 5 nitrogen and oxygen atoms in total. The van der Waals surface area contributed by atoms with Crippen molar-refractivity contribution in [3.05, 3.63) is 47.9 Å². The highest BCUT2D eigenvalue weighted by Crippen LogP contribution is 2.15. The zero-order valence-corrected chi connectivity index (χ0v) is 13.4. The van der Waals surface area contributed by atoms with Gasteiger partial charge in [-0.05, 0) is 17.7 Å². The van der Waals surface area contributed by atoms with Gasteiger partial charge in [0.05, 0.1) is 5.69 Å². The molecule has 0 bridgehead atoms. The standard InChI is InChI=1S/C17H24N4O/c1-14(2)17-19-16(13-22-17)12-21-9-7-20(8-10-21)11-15-3-5-18-6-4-15/h3-6,13-14H,7-12H2,1-2H3. The van der Waals surface area contributed by atoms with Crippen molar-refractivity contribution < 1.29 is 4.42 Å². The van der Waals surface area contributed by atoms with Gasteiger partial charge < -0.3 is 4.42 Å². The summed E-state index contributed by atoms with van der Waals surface area (Å²) < 4.78 is 5.51. The first kappa shape index (κ1) is 15.2. The Morgan fingerprint density at radius 1 is 1.05 bits per heavy atom. The summed E-state index contributed by atoms with van der Waals surface area (Å²) in [5.41, 5.74) is 2.38. The van der Waals surface area contributed by atoms with Gasteiger partial charge in [-0.3, -0.25) is 14.8 Å². The largest absolute Gasteiger partial charge is 0.448 e. The molecule has 0 aromatic carbocycles. The Kier molecular flexibility index (Phi) is 4.85. The molecule has 0 amide bonds. The van der Waals surface area contributed by atoms with Gasteiger partial charge in [0.1, 0.15) is 6.26 Å². The molecule has 3 heterocycles. The minimum atomic E-state index is 0.353. The summed E-state index contributed by atoms with van der Waals surface area (Å²) in [4.78, 5) is 13.6. The molecule has 22 heavy (non-hydrogen) atoms. The van der Waals surface area contributed by atoms with Crippen LogP contribution in [0.4, 0.5) is 0 Å². The molecule has 0 unspecified atom stereocenters. The van der Waals surface area contributed by atoms with Crippen LogP contribution >= 0.6 is 0 Å². The molecule has 0 radical (unpaired) electrons. The van der Waals surface area contributed by atoms with E-state index in [-0.39, 0.29) is 0 Å². The quantitative estimate of drug-likeness (QED) is 0.849. The number of piperazine rings is 1. The van der Waals surface area contributed by atoms with Gasteiger partial charge in [0.25, 0.3) is 0 Å². The van der Waals surface area contributed by atoms with E-state index >= 15 is 0 Å². The van der Waals surface area contributed by atoms with Crippen LogP contribution in [0.25, 0.3) is 0 Å². The summed E-state index contributed by atoms with van der Waals surface area (Å²) in [6.07, 6.45) is 5.53. The Morgan fingerprint density at radius 3 is 2.27 bits per heavy atom. The predicted octanol–water partition coefficient (Wildman–Crippen LogP) is 2.51. The number of hydrogen-bond donors (Lipinski definition) is 0. The molecule has 1 aliphatic heterocycles. The van der Waals surface area contributed by atoms with Crippen LogP contribution < -0.4 is 0 Å².